The van der Waals surface area contributed by atoms with Crippen LogP contribution in [0.25, 0.3) is 21.9 Å². The zero-order chi connectivity index (χ0) is 24.6. The molecule has 184 valence electrons. The van der Waals surface area contributed by atoms with Crippen LogP contribution in [0, 0.1) is 0 Å². The second kappa shape index (κ2) is 9.35. The second-order valence-corrected chi connectivity index (χ2v) is 9.72. The number of aryl methyl sites for hydroxylation is 1. The standard InChI is InChI=1S/C28H31N7O/c1-3-25-24(18-31-33(25)2)19-4-5-21-17-30-26(15-22(21)14-19)32-28(36)20-8-9-29-27(16-20)35-12-10-34(11-13-35)23-6-7-23/h4-5,8-9,14-18,23H,3,6-7,10-13H2,1-2H3,(H,30,32,36). The first-order valence-electron chi connectivity index (χ1n) is 12.8. The van der Waals surface area contributed by atoms with Gasteiger partial charge in [-0.3, -0.25) is 14.4 Å². The fourth-order valence-electron chi connectivity index (χ4n) is 5.18. The number of aromatic nitrogens is 4. The Labute approximate surface area is 211 Å². The highest BCUT2D eigenvalue weighted by atomic mass is 16.1. The van der Waals surface area contributed by atoms with E-state index in [0.717, 1.165) is 66.4 Å². The average molecular weight is 482 g/mol. The molecule has 2 aliphatic rings. The van der Waals surface area contributed by atoms with E-state index in [4.69, 9.17) is 0 Å². The molecule has 0 radical (unpaired) electrons. The molecule has 1 amide bonds. The van der Waals surface area contributed by atoms with Crippen LogP contribution in [0.3, 0.4) is 0 Å². The number of carbonyl (C=O) groups is 1. The summed E-state index contributed by atoms with van der Waals surface area (Å²) >= 11 is 0. The number of hydrogen-bond donors (Lipinski definition) is 1. The van der Waals surface area contributed by atoms with E-state index in [-0.39, 0.29) is 5.91 Å². The van der Waals surface area contributed by atoms with Crippen molar-refractivity contribution in [3.63, 3.8) is 0 Å². The Morgan fingerprint density at radius 3 is 2.61 bits per heavy atom. The lowest BCUT2D eigenvalue weighted by Crippen LogP contribution is -2.47. The zero-order valence-electron chi connectivity index (χ0n) is 20.8. The van der Waals surface area contributed by atoms with E-state index in [9.17, 15) is 4.79 Å². The smallest absolute Gasteiger partial charge is 0.257 e. The minimum atomic E-state index is -0.182. The molecule has 36 heavy (non-hydrogen) atoms. The van der Waals surface area contributed by atoms with Crippen LogP contribution in [0.15, 0.2) is 55.0 Å². The molecule has 1 saturated heterocycles. The summed E-state index contributed by atoms with van der Waals surface area (Å²) in [5.41, 5.74) is 4.02. The predicted octanol–water partition coefficient (Wildman–Crippen LogP) is 4.13. The van der Waals surface area contributed by atoms with Crippen LogP contribution >= 0.6 is 0 Å². The second-order valence-electron chi connectivity index (χ2n) is 9.72. The molecule has 1 aliphatic carbocycles. The number of hydrogen-bond acceptors (Lipinski definition) is 6. The van der Waals surface area contributed by atoms with Gasteiger partial charge < -0.3 is 10.2 Å². The SMILES string of the molecule is CCc1c(-c2ccc3cnc(NC(=O)c4ccnc(N5CCN(C6CC6)CC5)c4)cc3c2)cnn1C. The first kappa shape index (κ1) is 22.7. The number of carbonyl (C=O) groups excluding carboxylic acids is 1. The summed E-state index contributed by atoms with van der Waals surface area (Å²) in [6.45, 7) is 6.15. The minimum absolute atomic E-state index is 0.182. The Kier molecular flexibility index (Phi) is 5.89. The molecule has 4 heterocycles. The van der Waals surface area contributed by atoms with Crippen molar-refractivity contribution < 1.29 is 4.79 Å². The quantitative estimate of drug-likeness (QED) is 0.446. The predicted molar refractivity (Wildman–Crippen MR) is 142 cm³/mol. The van der Waals surface area contributed by atoms with Gasteiger partial charge in [-0.25, -0.2) is 9.97 Å². The van der Waals surface area contributed by atoms with Gasteiger partial charge in [0.1, 0.15) is 11.6 Å². The molecule has 0 atom stereocenters. The van der Waals surface area contributed by atoms with Gasteiger partial charge in [0.05, 0.1) is 6.20 Å². The first-order valence-corrected chi connectivity index (χ1v) is 12.8. The fourth-order valence-corrected chi connectivity index (χ4v) is 5.18. The van der Waals surface area contributed by atoms with E-state index >= 15 is 0 Å². The molecule has 4 aromatic rings. The zero-order valence-corrected chi connectivity index (χ0v) is 20.8. The Morgan fingerprint density at radius 1 is 1.00 bits per heavy atom. The van der Waals surface area contributed by atoms with Crippen LogP contribution in [-0.4, -0.2) is 62.8 Å². The Morgan fingerprint density at radius 2 is 1.83 bits per heavy atom. The first-order chi connectivity index (χ1) is 17.6. The van der Waals surface area contributed by atoms with Crippen LogP contribution in [-0.2, 0) is 13.5 Å². The summed E-state index contributed by atoms with van der Waals surface area (Å²) in [5.74, 6) is 1.21. The molecule has 0 bridgehead atoms. The lowest BCUT2D eigenvalue weighted by atomic mass is 10.0. The number of amides is 1. The summed E-state index contributed by atoms with van der Waals surface area (Å²) in [4.78, 5) is 26.9. The third-order valence-electron chi connectivity index (χ3n) is 7.38. The number of nitrogens with zero attached hydrogens (tertiary/aromatic N) is 6. The van der Waals surface area contributed by atoms with Crippen molar-refractivity contribution in [1.29, 1.82) is 0 Å². The molecule has 0 spiro atoms. The Bertz CT molecular complexity index is 1420. The van der Waals surface area contributed by atoms with Gasteiger partial charge in [0.2, 0.25) is 0 Å². The van der Waals surface area contributed by atoms with Crippen LogP contribution in [0.2, 0.25) is 0 Å². The summed E-state index contributed by atoms with van der Waals surface area (Å²) in [6.07, 6.45) is 9.01. The molecule has 0 unspecified atom stereocenters. The molecule has 1 aromatic carbocycles. The largest absolute Gasteiger partial charge is 0.354 e. The maximum Gasteiger partial charge on any atom is 0.257 e. The van der Waals surface area contributed by atoms with E-state index in [1.165, 1.54) is 18.5 Å². The van der Waals surface area contributed by atoms with Gasteiger partial charge >= 0.3 is 0 Å². The highest BCUT2D eigenvalue weighted by molar-refractivity contribution is 6.05. The van der Waals surface area contributed by atoms with Crippen molar-refractivity contribution in [2.45, 2.75) is 32.2 Å². The van der Waals surface area contributed by atoms with Crippen LogP contribution < -0.4 is 10.2 Å². The van der Waals surface area contributed by atoms with Crippen molar-refractivity contribution in [1.82, 2.24) is 24.6 Å². The number of benzene rings is 1. The summed E-state index contributed by atoms with van der Waals surface area (Å²) in [5, 5.41) is 9.45. The molecule has 8 heteroatoms. The highest BCUT2D eigenvalue weighted by Gasteiger charge is 2.31. The van der Waals surface area contributed by atoms with Gasteiger partial charge in [0.25, 0.3) is 5.91 Å². The lowest BCUT2D eigenvalue weighted by Gasteiger charge is -2.35. The van der Waals surface area contributed by atoms with E-state index in [2.05, 4.69) is 55.3 Å². The Hall–Kier alpha value is -3.78. The van der Waals surface area contributed by atoms with E-state index < -0.39 is 0 Å². The van der Waals surface area contributed by atoms with Gasteiger partial charge in [0, 0.05) is 73.9 Å². The molecule has 8 nitrogen and oxygen atoms in total. The van der Waals surface area contributed by atoms with Gasteiger partial charge in [-0.2, -0.15) is 5.10 Å². The number of anilines is 2. The number of nitrogens with one attached hydrogen (secondary N) is 1. The highest BCUT2D eigenvalue weighted by Crippen LogP contribution is 2.29. The minimum Gasteiger partial charge on any atom is -0.354 e. The summed E-state index contributed by atoms with van der Waals surface area (Å²) in [6, 6.07) is 12.7. The van der Waals surface area contributed by atoms with Gasteiger partial charge in [0.15, 0.2) is 0 Å². The Balaban J connectivity index is 1.19. The molecule has 2 fully saturated rings. The normalized spacial score (nSPS) is 16.4. The van der Waals surface area contributed by atoms with Crippen molar-refractivity contribution >= 4 is 28.3 Å². The average Bonchev–Trinajstić information content (AvgIpc) is 3.70. The number of piperazine rings is 1. The molecule has 6 rings (SSSR count). The number of fused-ring (bicyclic) bond motifs is 1. The number of rotatable bonds is 6. The van der Waals surface area contributed by atoms with Crippen LogP contribution in [0.1, 0.15) is 35.8 Å². The van der Waals surface area contributed by atoms with Gasteiger partial charge in [-0.15, -0.1) is 0 Å². The third kappa shape index (κ3) is 4.44. The van der Waals surface area contributed by atoms with Gasteiger partial charge in [-0.1, -0.05) is 19.1 Å². The van der Waals surface area contributed by atoms with Crippen molar-refractivity contribution in [3.8, 4) is 11.1 Å². The molecule has 1 aliphatic heterocycles. The fraction of sp³-hybridized carbons (Fsp3) is 0.357. The van der Waals surface area contributed by atoms with Gasteiger partial charge in [-0.05, 0) is 54.5 Å². The molecule has 3 aromatic heterocycles. The van der Waals surface area contributed by atoms with Crippen molar-refractivity contribution in [2.75, 3.05) is 36.4 Å². The van der Waals surface area contributed by atoms with E-state index in [0.29, 0.717) is 11.4 Å². The molecular weight excluding hydrogens is 450 g/mol. The monoisotopic (exact) mass is 481 g/mol. The molecule has 1 N–H and O–H groups in total. The van der Waals surface area contributed by atoms with Crippen LogP contribution in [0.5, 0.6) is 0 Å². The number of pyridine rings is 2. The van der Waals surface area contributed by atoms with E-state index in [1.54, 1.807) is 18.5 Å². The van der Waals surface area contributed by atoms with Crippen LogP contribution in [0.4, 0.5) is 11.6 Å². The molecule has 1 saturated carbocycles. The third-order valence-corrected chi connectivity index (χ3v) is 7.38. The topological polar surface area (TPSA) is 79.2 Å². The molecular formula is C28H31N7O. The summed E-state index contributed by atoms with van der Waals surface area (Å²) < 4.78 is 1.92. The van der Waals surface area contributed by atoms with Crippen molar-refractivity contribution in [3.05, 3.63) is 66.2 Å². The maximum absolute atomic E-state index is 13.1. The van der Waals surface area contributed by atoms with Crippen molar-refractivity contribution in [2.24, 2.45) is 7.05 Å². The lowest BCUT2D eigenvalue weighted by molar-refractivity contribution is 0.102. The maximum atomic E-state index is 13.1. The van der Waals surface area contributed by atoms with E-state index in [1.807, 2.05) is 30.1 Å². The summed E-state index contributed by atoms with van der Waals surface area (Å²) in [7, 11) is 1.97.